The highest BCUT2D eigenvalue weighted by atomic mass is 19.3. The molecule has 1 rings (SSSR count). The lowest BCUT2D eigenvalue weighted by molar-refractivity contribution is -0.0498. The first-order valence-electron chi connectivity index (χ1n) is 6.07. The zero-order valence-corrected chi connectivity index (χ0v) is 10.4. The van der Waals surface area contributed by atoms with Crippen molar-refractivity contribution in [3.05, 3.63) is 29.8 Å². The van der Waals surface area contributed by atoms with E-state index in [0.717, 1.165) is 19.3 Å². The Morgan fingerprint density at radius 3 is 2.47 bits per heavy atom. The van der Waals surface area contributed by atoms with Crippen molar-refractivity contribution in [1.29, 1.82) is 0 Å². The van der Waals surface area contributed by atoms with Gasteiger partial charge in [-0.05, 0) is 43.5 Å². The number of hydrogen-bond donors (Lipinski definition) is 2. The largest absolute Gasteiger partial charge is 0.435 e. The van der Waals surface area contributed by atoms with Gasteiger partial charge in [0, 0.05) is 18.7 Å². The molecule has 0 heterocycles. The number of nitrogens with one attached hydrogen (secondary N) is 1. The number of aliphatic hydroxyl groups is 1. The van der Waals surface area contributed by atoms with Crippen LogP contribution >= 0.6 is 0 Å². The smallest absolute Gasteiger partial charge is 0.387 e. The van der Waals surface area contributed by atoms with Crippen LogP contribution in [0.25, 0.3) is 0 Å². The minimum absolute atomic E-state index is 0.0227. The number of aliphatic hydroxyl groups excluding tert-OH is 1. The number of rotatable bonds is 8. The lowest BCUT2D eigenvalue weighted by atomic mass is 10.2. The highest BCUT2D eigenvalue weighted by molar-refractivity contribution is 5.94. The van der Waals surface area contributed by atoms with E-state index in [4.69, 9.17) is 5.11 Å². The number of halogens is 2. The van der Waals surface area contributed by atoms with Crippen LogP contribution in [-0.4, -0.2) is 30.8 Å². The summed E-state index contributed by atoms with van der Waals surface area (Å²) in [7, 11) is 0. The van der Waals surface area contributed by atoms with E-state index >= 15 is 0 Å². The van der Waals surface area contributed by atoms with Gasteiger partial charge in [0.25, 0.3) is 5.91 Å². The molecule has 0 saturated carbocycles. The molecule has 0 unspecified atom stereocenters. The molecule has 2 N–H and O–H groups in total. The van der Waals surface area contributed by atoms with E-state index in [1.807, 2.05) is 0 Å². The predicted molar refractivity (Wildman–Crippen MR) is 66.3 cm³/mol. The maximum atomic E-state index is 11.9. The highest BCUT2D eigenvalue weighted by Crippen LogP contribution is 2.14. The van der Waals surface area contributed by atoms with Crippen molar-refractivity contribution in [3.8, 4) is 5.75 Å². The van der Waals surface area contributed by atoms with Crippen LogP contribution in [0.4, 0.5) is 8.78 Å². The highest BCUT2D eigenvalue weighted by Gasteiger charge is 2.07. The average molecular weight is 273 g/mol. The number of alkyl halides is 2. The average Bonchev–Trinajstić information content (AvgIpc) is 2.38. The van der Waals surface area contributed by atoms with E-state index in [0.29, 0.717) is 12.1 Å². The second-order valence-corrected chi connectivity index (χ2v) is 3.94. The van der Waals surface area contributed by atoms with E-state index < -0.39 is 6.61 Å². The number of ether oxygens (including phenoxy) is 1. The van der Waals surface area contributed by atoms with Gasteiger partial charge in [0.1, 0.15) is 5.75 Å². The molecule has 19 heavy (non-hydrogen) atoms. The molecule has 1 amide bonds. The first-order chi connectivity index (χ1) is 9.13. The Labute approximate surface area is 110 Å². The summed E-state index contributed by atoms with van der Waals surface area (Å²) in [6.45, 7) is -2.19. The summed E-state index contributed by atoms with van der Waals surface area (Å²) in [4.78, 5) is 11.7. The summed E-state index contributed by atoms with van der Waals surface area (Å²) >= 11 is 0. The lowest BCUT2D eigenvalue weighted by Gasteiger charge is -2.07. The molecule has 0 saturated heterocycles. The molecule has 0 bridgehead atoms. The van der Waals surface area contributed by atoms with Crippen LogP contribution in [0.15, 0.2) is 24.3 Å². The molecule has 1 aromatic rings. The topological polar surface area (TPSA) is 58.6 Å². The minimum atomic E-state index is -2.87. The fourth-order valence-corrected chi connectivity index (χ4v) is 1.51. The van der Waals surface area contributed by atoms with Crippen LogP contribution < -0.4 is 10.1 Å². The summed E-state index contributed by atoms with van der Waals surface area (Å²) in [6, 6.07) is 5.52. The fourth-order valence-electron chi connectivity index (χ4n) is 1.51. The Morgan fingerprint density at radius 1 is 1.21 bits per heavy atom. The Balaban J connectivity index is 2.36. The van der Waals surface area contributed by atoms with E-state index in [2.05, 4.69) is 10.1 Å². The van der Waals surface area contributed by atoms with Crippen molar-refractivity contribution in [1.82, 2.24) is 5.32 Å². The summed E-state index contributed by atoms with van der Waals surface area (Å²) in [6.07, 6.45) is 2.35. The van der Waals surface area contributed by atoms with Gasteiger partial charge in [0.2, 0.25) is 0 Å². The third-order valence-corrected chi connectivity index (χ3v) is 2.46. The molecule has 0 aliphatic rings. The third-order valence-electron chi connectivity index (χ3n) is 2.46. The molecule has 106 valence electrons. The quantitative estimate of drug-likeness (QED) is 0.714. The van der Waals surface area contributed by atoms with Gasteiger partial charge in [0.15, 0.2) is 0 Å². The molecule has 0 aliphatic carbocycles. The molecule has 0 atom stereocenters. The van der Waals surface area contributed by atoms with Crippen molar-refractivity contribution in [2.45, 2.75) is 25.9 Å². The summed E-state index contributed by atoms with van der Waals surface area (Å²) in [5.41, 5.74) is 0.392. The first-order valence-corrected chi connectivity index (χ1v) is 6.07. The Morgan fingerprint density at radius 2 is 1.89 bits per heavy atom. The second kappa shape index (κ2) is 8.42. The zero-order chi connectivity index (χ0) is 14.1. The molecule has 1 aromatic carbocycles. The van der Waals surface area contributed by atoms with Crippen LogP contribution in [0.5, 0.6) is 5.75 Å². The fraction of sp³-hybridized carbons (Fsp3) is 0.462. The maximum absolute atomic E-state index is 11.9. The van der Waals surface area contributed by atoms with Crippen LogP contribution in [0.3, 0.4) is 0 Å². The molecule has 0 radical (unpaired) electrons. The number of unbranched alkanes of at least 4 members (excludes halogenated alkanes) is 2. The van der Waals surface area contributed by atoms with Crippen molar-refractivity contribution in [2.24, 2.45) is 0 Å². The van der Waals surface area contributed by atoms with Gasteiger partial charge in [-0.1, -0.05) is 0 Å². The molecule has 0 spiro atoms. The van der Waals surface area contributed by atoms with Crippen LogP contribution in [-0.2, 0) is 0 Å². The number of amides is 1. The Hall–Kier alpha value is -1.69. The van der Waals surface area contributed by atoms with Gasteiger partial charge in [0.05, 0.1) is 0 Å². The molecular formula is C13H17F2NO3. The van der Waals surface area contributed by atoms with Gasteiger partial charge >= 0.3 is 6.61 Å². The van der Waals surface area contributed by atoms with E-state index in [-0.39, 0.29) is 18.3 Å². The maximum Gasteiger partial charge on any atom is 0.387 e. The lowest BCUT2D eigenvalue weighted by Crippen LogP contribution is -2.24. The SMILES string of the molecule is O=C(NCCCCCO)c1ccc(OC(F)F)cc1. The van der Waals surface area contributed by atoms with Gasteiger partial charge in [-0.25, -0.2) is 0 Å². The van der Waals surface area contributed by atoms with Gasteiger partial charge in [-0.2, -0.15) is 8.78 Å². The summed E-state index contributed by atoms with van der Waals surface area (Å²) in [5, 5.41) is 11.3. The van der Waals surface area contributed by atoms with Crippen molar-refractivity contribution < 1.29 is 23.4 Å². The molecule has 4 nitrogen and oxygen atoms in total. The second-order valence-electron chi connectivity index (χ2n) is 3.94. The van der Waals surface area contributed by atoms with Gasteiger partial charge in [-0.3, -0.25) is 4.79 Å². The number of hydrogen-bond acceptors (Lipinski definition) is 3. The molecular weight excluding hydrogens is 256 g/mol. The first kappa shape index (κ1) is 15.4. The summed E-state index contributed by atoms with van der Waals surface area (Å²) < 4.78 is 28.0. The zero-order valence-electron chi connectivity index (χ0n) is 10.4. The third kappa shape index (κ3) is 6.15. The van der Waals surface area contributed by atoms with Gasteiger partial charge in [-0.15, -0.1) is 0 Å². The van der Waals surface area contributed by atoms with Crippen molar-refractivity contribution in [3.63, 3.8) is 0 Å². The van der Waals surface area contributed by atoms with Crippen LogP contribution in [0, 0.1) is 0 Å². The van der Waals surface area contributed by atoms with E-state index in [1.54, 1.807) is 0 Å². The molecule has 0 aliphatic heterocycles. The number of benzene rings is 1. The molecule has 0 fully saturated rings. The van der Waals surface area contributed by atoms with Crippen LogP contribution in [0.1, 0.15) is 29.6 Å². The van der Waals surface area contributed by atoms with E-state index in [9.17, 15) is 13.6 Å². The minimum Gasteiger partial charge on any atom is -0.435 e. The van der Waals surface area contributed by atoms with Gasteiger partial charge < -0.3 is 15.2 Å². The predicted octanol–water partition coefficient (Wildman–Crippen LogP) is 2.18. The van der Waals surface area contributed by atoms with Crippen LogP contribution in [0.2, 0.25) is 0 Å². The van der Waals surface area contributed by atoms with Crippen molar-refractivity contribution in [2.75, 3.05) is 13.2 Å². The Kier molecular flexibility index (Phi) is 6.81. The van der Waals surface area contributed by atoms with Crippen molar-refractivity contribution >= 4 is 5.91 Å². The normalized spacial score (nSPS) is 10.5. The monoisotopic (exact) mass is 273 g/mol. The molecule has 6 heteroatoms. The standard InChI is InChI=1S/C13H17F2NO3/c14-13(15)19-11-6-4-10(5-7-11)12(18)16-8-2-1-3-9-17/h4-7,13,17H,1-3,8-9H2,(H,16,18). The number of carbonyl (C=O) groups excluding carboxylic acids is 1. The number of carbonyl (C=O) groups is 1. The summed E-state index contributed by atoms with van der Waals surface area (Å²) in [5.74, 6) is -0.234. The molecule has 0 aromatic heterocycles. The Bertz CT molecular complexity index is 382. The van der Waals surface area contributed by atoms with E-state index in [1.165, 1.54) is 24.3 Å².